The Balaban J connectivity index is 2.81. The number of sulfonamides is 1. The summed E-state index contributed by atoms with van der Waals surface area (Å²) in [5.74, 6) is -0.223. The predicted octanol–water partition coefficient (Wildman–Crippen LogP) is -0.479. The van der Waals surface area contributed by atoms with Gasteiger partial charge in [0.1, 0.15) is 6.04 Å². The summed E-state index contributed by atoms with van der Waals surface area (Å²) in [4.78, 5) is 0. The topological polar surface area (TPSA) is 63.4 Å². The molecule has 0 aliphatic carbocycles. The minimum Gasteiger partial charge on any atom is -0.329 e. The summed E-state index contributed by atoms with van der Waals surface area (Å²) in [6.45, 7) is -0.827. The van der Waals surface area contributed by atoms with E-state index >= 15 is 0 Å². The lowest BCUT2D eigenvalue weighted by Crippen LogP contribution is -2.60. The van der Waals surface area contributed by atoms with E-state index in [9.17, 15) is 21.6 Å². The van der Waals surface area contributed by atoms with Crippen LogP contribution >= 0.6 is 0 Å². The van der Waals surface area contributed by atoms with Crippen LogP contribution in [0.2, 0.25) is 0 Å². The minimum atomic E-state index is -4.58. The molecule has 0 radical (unpaired) electrons. The number of hydrogen-bond acceptors (Lipinski definition) is 3. The van der Waals surface area contributed by atoms with Gasteiger partial charge in [-0.05, 0) is 0 Å². The maximum absolute atomic E-state index is 12.1. The molecule has 13 heavy (non-hydrogen) atoms. The van der Waals surface area contributed by atoms with Crippen molar-refractivity contribution in [3.8, 4) is 0 Å². The molecule has 0 saturated carbocycles. The van der Waals surface area contributed by atoms with E-state index in [0.29, 0.717) is 4.31 Å². The molecule has 0 spiro atoms. The Morgan fingerprint density at radius 2 is 2.00 bits per heavy atom. The molecule has 1 fully saturated rings. The molecule has 2 N–H and O–H groups in total. The van der Waals surface area contributed by atoms with Crippen LogP contribution in [0.3, 0.4) is 0 Å². The van der Waals surface area contributed by atoms with Crippen LogP contribution in [0.1, 0.15) is 0 Å². The molecule has 1 atom stereocenters. The zero-order valence-corrected chi connectivity index (χ0v) is 7.40. The highest BCUT2D eigenvalue weighted by molar-refractivity contribution is 7.90. The Morgan fingerprint density at radius 3 is 2.08 bits per heavy atom. The molecular formula is C5H9F3N2O2S. The Morgan fingerprint density at radius 1 is 1.46 bits per heavy atom. The first-order chi connectivity index (χ1) is 5.79. The highest BCUT2D eigenvalue weighted by Gasteiger charge is 2.50. The fourth-order valence-electron chi connectivity index (χ4n) is 1.11. The standard InChI is InChI=1S/C5H9F3N2O2S/c6-5(7,8)4(3-9)10-1-2-13(10,11)12/h4H,1-3,9H2. The number of hydrogen-bond donors (Lipinski definition) is 1. The molecule has 1 aliphatic rings. The van der Waals surface area contributed by atoms with Gasteiger partial charge in [0.25, 0.3) is 0 Å². The summed E-state index contributed by atoms with van der Waals surface area (Å²) in [6, 6.07) is -2.06. The van der Waals surface area contributed by atoms with Crippen molar-refractivity contribution in [1.82, 2.24) is 4.31 Å². The van der Waals surface area contributed by atoms with Gasteiger partial charge < -0.3 is 5.73 Å². The van der Waals surface area contributed by atoms with Crippen LogP contribution in [0.25, 0.3) is 0 Å². The fraction of sp³-hybridized carbons (Fsp3) is 1.00. The molecule has 1 rings (SSSR count). The van der Waals surface area contributed by atoms with E-state index in [-0.39, 0.29) is 12.3 Å². The SMILES string of the molecule is NCC(N1CCS1(=O)=O)C(F)(F)F. The van der Waals surface area contributed by atoms with Crippen molar-refractivity contribution in [3.63, 3.8) is 0 Å². The molecule has 4 nitrogen and oxygen atoms in total. The van der Waals surface area contributed by atoms with Crippen molar-refractivity contribution in [2.24, 2.45) is 5.73 Å². The molecule has 0 amide bonds. The number of rotatable bonds is 2. The van der Waals surface area contributed by atoms with Crippen LogP contribution in [-0.4, -0.2) is 43.8 Å². The first kappa shape index (κ1) is 10.7. The summed E-state index contributed by atoms with van der Waals surface area (Å²) in [7, 11) is -3.68. The minimum absolute atomic E-state index is 0.0935. The molecule has 0 aromatic carbocycles. The largest absolute Gasteiger partial charge is 0.406 e. The van der Waals surface area contributed by atoms with Crippen LogP contribution < -0.4 is 5.73 Å². The Kier molecular flexibility index (Phi) is 2.56. The van der Waals surface area contributed by atoms with Gasteiger partial charge in [0.15, 0.2) is 0 Å². The molecule has 1 unspecified atom stereocenters. The summed E-state index contributed by atoms with van der Waals surface area (Å²) in [5.41, 5.74) is 4.86. The van der Waals surface area contributed by atoms with Crippen molar-refractivity contribution < 1.29 is 21.6 Å². The average Bonchev–Trinajstić information content (AvgIpc) is 1.95. The second-order valence-corrected chi connectivity index (χ2v) is 4.76. The molecule has 0 bridgehead atoms. The maximum Gasteiger partial charge on any atom is 0.406 e. The zero-order chi connectivity index (χ0) is 10.3. The third-order valence-electron chi connectivity index (χ3n) is 1.88. The molecule has 0 aromatic rings. The van der Waals surface area contributed by atoms with Crippen molar-refractivity contribution in [1.29, 1.82) is 0 Å². The van der Waals surface area contributed by atoms with E-state index in [0.717, 1.165) is 0 Å². The number of nitrogens with two attached hydrogens (primary N) is 1. The molecular weight excluding hydrogens is 209 g/mol. The molecule has 1 heterocycles. The van der Waals surface area contributed by atoms with Crippen molar-refractivity contribution >= 4 is 10.0 Å². The van der Waals surface area contributed by atoms with E-state index in [1.54, 1.807) is 0 Å². The lowest BCUT2D eigenvalue weighted by Gasteiger charge is -2.37. The van der Waals surface area contributed by atoms with Gasteiger partial charge in [0.2, 0.25) is 10.0 Å². The van der Waals surface area contributed by atoms with Crippen LogP contribution in [0.4, 0.5) is 13.2 Å². The van der Waals surface area contributed by atoms with E-state index in [1.165, 1.54) is 0 Å². The van der Waals surface area contributed by atoms with Gasteiger partial charge in [-0.15, -0.1) is 0 Å². The van der Waals surface area contributed by atoms with Gasteiger partial charge >= 0.3 is 6.18 Å². The average molecular weight is 218 g/mol. The van der Waals surface area contributed by atoms with Crippen molar-refractivity contribution in [3.05, 3.63) is 0 Å². The van der Waals surface area contributed by atoms with Gasteiger partial charge in [0.05, 0.1) is 5.75 Å². The monoisotopic (exact) mass is 218 g/mol. The van der Waals surface area contributed by atoms with Gasteiger partial charge in [-0.1, -0.05) is 0 Å². The third-order valence-corrected chi connectivity index (χ3v) is 3.73. The van der Waals surface area contributed by atoms with Crippen LogP contribution in [-0.2, 0) is 10.0 Å². The quantitative estimate of drug-likeness (QED) is 0.681. The first-order valence-corrected chi connectivity index (χ1v) is 5.16. The Bertz CT molecular complexity index is 287. The first-order valence-electron chi connectivity index (χ1n) is 3.55. The van der Waals surface area contributed by atoms with E-state index in [2.05, 4.69) is 0 Å². The van der Waals surface area contributed by atoms with Gasteiger partial charge in [0, 0.05) is 13.1 Å². The normalized spacial score (nSPS) is 25.2. The van der Waals surface area contributed by atoms with Gasteiger partial charge in [-0.2, -0.15) is 17.5 Å². The number of halogens is 3. The van der Waals surface area contributed by atoms with E-state index in [1.807, 2.05) is 0 Å². The highest BCUT2D eigenvalue weighted by atomic mass is 32.2. The van der Waals surface area contributed by atoms with Gasteiger partial charge in [-0.3, -0.25) is 0 Å². The lowest BCUT2D eigenvalue weighted by molar-refractivity contribution is -0.170. The summed E-state index contributed by atoms with van der Waals surface area (Å²) in [6.07, 6.45) is -4.58. The fourth-order valence-corrected chi connectivity index (χ4v) is 2.39. The Labute approximate surface area is 73.6 Å². The maximum atomic E-state index is 12.1. The zero-order valence-electron chi connectivity index (χ0n) is 6.58. The second kappa shape index (κ2) is 3.10. The van der Waals surface area contributed by atoms with Crippen LogP contribution in [0, 0.1) is 0 Å². The van der Waals surface area contributed by atoms with E-state index in [4.69, 9.17) is 5.73 Å². The van der Waals surface area contributed by atoms with Crippen molar-refractivity contribution in [2.75, 3.05) is 18.8 Å². The molecule has 0 aromatic heterocycles. The molecule has 1 saturated heterocycles. The Hall–Kier alpha value is -0.340. The summed E-state index contributed by atoms with van der Waals surface area (Å²) >= 11 is 0. The van der Waals surface area contributed by atoms with E-state index < -0.39 is 28.8 Å². The van der Waals surface area contributed by atoms with Crippen LogP contribution in [0.15, 0.2) is 0 Å². The van der Waals surface area contributed by atoms with Crippen LogP contribution in [0.5, 0.6) is 0 Å². The smallest absolute Gasteiger partial charge is 0.329 e. The lowest BCUT2D eigenvalue weighted by atomic mass is 10.3. The van der Waals surface area contributed by atoms with Crippen molar-refractivity contribution in [2.45, 2.75) is 12.2 Å². The molecule has 1 aliphatic heterocycles. The second-order valence-electron chi connectivity index (χ2n) is 2.72. The molecule has 78 valence electrons. The van der Waals surface area contributed by atoms with Gasteiger partial charge in [-0.25, -0.2) is 8.42 Å². The highest BCUT2D eigenvalue weighted by Crippen LogP contribution is 2.29. The number of alkyl halides is 3. The molecule has 8 heteroatoms. The third kappa shape index (κ3) is 1.94. The predicted molar refractivity (Wildman–Crippen MR) is 39.4 cm³/mol. The summed E-state index contributed by atoms with van der Waals surface area (Å²) < 4.78 is 58.5. The summed E-state index contributed by atoms with van der Waals surface area (Å²) in [5, 5.41) is 0. The number of nitrogens with zero attached hydrogens (tertiary/aromatic N) is 1.